The molecule has 0 spiro atoms. The number of aromatic carboxylic acids is 1. The number of carbonyl (C=O) groups is 2. The van der Waals surface area contributed by atoms with Gasteiger partial charge in [-0.15, -0.1) is 0 Å². The fourth-order valence-corrected chi connectivity index (χ4v) is 2.43. The van der Waals surface area contributed by atoms with Crippen LogP contribution < -0.4 is 4.74 Å². The Bertz CT molecular complexity index is 559. The van der Waals surface area contributed by atoms with Crippen LogP contribution in [0, 0.1) is 0 Å². The second-order valence-corrected chi connectivity index (χ2v) is 5.23. The molecule has 0 unspecified atom stereocenters. The van der Waals surface area contributed by atoms with E-state index in [1.807, 2.05) is 0 Å². The van der Waals surface area contributed by atoms with Crippen molar-refractivity contribution in [2.75, 3.05) is 13.2 Å². The van der Waals surface area contributed by atoms with E-state index in [4.69, 9.17) is 9.84 Å². The number of nitrogens with zero attached hydrogens (tertiary/aromatic N) is 1. The van der Waals surface area contributed by atoms with Crippen LogP contribution >= 0.6 is 0 Å². The summed E-state index contributed by atoms with van der Waals surface area (Å²) in [6.07, 6.45) is -0.258. The fraction of sp³-hybridized carbons (Fsp3) is 0.467. The minimum atomic E-state index is -2.90. The molecule has 1 aromatic carbocycles. The van der Waals surface area contributed by atoms with Crippen LogP contribution in [-0.4, -0.2) is 47.0 Å². The number of ether oxygens (including phenoxy) is 1. The van der Waals surface area contributed by atoms with Crippen molar-refractivity contribution in [1.82, 2.24) is 4.90 Å². The lowest BCUT2D eigenvalue weighted by Crippen LogP contribution is -2.39. The van der Waals surface area contributed by atoms with Crippen LogP contribution in [0.25, 0.3) is 0 Å². The number of hydrogen-bond acceptors (Lipinski definition) is 3. The molecule has 0 bridgehead atoms. The maximum absolute atomic E-state index is 13.5. The third-order valence-corrected chi connectivity index (χ3v) is 3.54. The van der Waals surface area contributed by atoms with Crippen molar-refractivity contribution in [2.45, 2.75) is 31.7 Å². The lowest BCUT2D eigenvalue weighted by molar-refractivity contribution is -0.133. The predicted molar refractivity (Wildman–Crippen MR) is 74.3 cm³/mol. The molecule has 1 aliphatic rings. The number of benzene rings is 1. The average Bonchev–Trinajstić information content (AvgIpc) is 2.79. The molecule has 0 radical (unpaired) electrons. The molecule has 1 fully saturated rings. The first-order valence-electron chi connectivity index (χ1n) is 6.96. The van der Waals surface area contributed by atoms with Gasteiger partial charge in [0, 0.05) is 12.8 Å². The van der Waals surface area contributed by atoms with Gasteiger partial charge in [0.1, 0.15) is 12.4 Å². The number of carbonyl (C=O) groups excluding carboxylic acids is 1. The van der Waals surface area contributed by atoms with E-state index in [2.05, 4.69) is 0 Å². The highest BCUT2D eigenvalue weighted by Gasteiger charge is 2.46. The third-order valence-electron chi connectivity index (χ3n) is 3.54. The van der Waals surface area contributed by atoms with E-state index in [1.165, 1.54) is 24.3 Å². The molecule has 1 saturated heterocycles. The summed E-state index contributed by atoms with van der Waals surface area (Å²) in [7, 11) is 0. The van der Waals surface area contributed by atoms with Crippen molar-refractivity contribution >= 4 is 11.9 Å². The Morgan fingerprint density at radius 2 is 2.00 bits per heavy atom. The molecule has 1 amide bonds. The molecule has 22 heavy (non-hydrogen) atoms. The predicted octanol–water partition coefficient (Wildman–Crippen LogP) is 2.41. The number of rotatable bonds is 5. The number of hydrogen-bond donors (Lipinski definition) is 1. The van der Waals surface area contributed by atoms with E-state index in [0.717, 1.165) is 4.90 Å². The summed E-state index contributed by atoms with van der Waals surface area (Å²) in [6, 6.07) is 4.98. The normalized spacial score (nSPS) is 20.0. The van der Waals surface area contributed by atoms with Gasteiger partial charge < -0.3 is 14.7 Å². The molecule has 1 aliphatic heterocycles. The van der Waals surface area contributed by atoms with Crippen LogP contribution in [-0.2, 0) is 4.79 Å². The maximum Gasteiger partial charge on any atom is 0.335 e. The monoisotopic (exact) mass is 313 g/mol. The van der Waals surface area contributed by atoms with Crippen molar-refractivity contribution in [3.05, 3.63) is 29.8 Å². The summed E-state index contributed by atoms with van der Waals surface area (Å²) in [6.45, 7) is 1.00. The Balaban J connectivity index is 1.99. The Morgan fingerprint density at radius 1 is 1.36 bits per heavy atom. The lowest BCUT2D eigenvalue weighted by atomic mass is 10.2. The number of halogens is 2. The highest BCUT2D eigenvalue weighted by molar-refractivity contribution is 5.87. The quantitative estimate of drug-likeness (QED) is 0.906. The Hall–Kier alpha value is -2.18. The molecule has 2 rings (SSSR count). The summed E-state index contributed by atoms with van der Waals surface area (Å²) in [5.41, 5.74) is 0.113. The van der Waals surface area contributed by atoms with E-state index in [1.54, 1.807) is 6.92 Å². The molecule has 7 heteroatoms. The van der Waals surface area contributed by atoms with Crippen molar-refractivity contribution in [3.8, 4) is 5.75 Å². The van der Waals surface area contributed by atoms with E-state index >= 15 is 0 Å². The van der Waals surface area contributed by atoms with Gasteiger partial charge in [-0.2, -0.15) is 0 Å². The third kappa shape index (κ3) is 3.72. The zero-order valence-electron chi connectivity index (χ0n) is 12.1. The largest absolute Gasteiger partial charge is 0.491 e. The number of carboxylic acid groups (broad SMARTS) is 1. The highest BCUT2D eigenvalue weighted by Crippen LogP contribution is 2.32. The van der Waals surface area contributed by atoms with Crippen LogP contribution in [0.2, 0.25) is 0 Å². The van der Waals surface area contributed by atoms with E-state index in [-0.39, 0.29) is 24.5 Å². The van der Waals surface area contributed by atoms with Gasteiger partial charge in [0.2, 0.25) is 5.91 Å². The summed E-state index contributed by atoms with van der Waals surface area (Å²) < 4.78 is 32.4. The van der Waals surface area contributed by atoms with Crippen LogP contribution in [0.15, 0.2) is 24.3 Å². The first-order valence-corrected chi connectivity index (χ1v) is 6.96. The van der Waals surface area contributed by atoms with Gasteiger partial charge in [-0.05, 0) is 24.3 Å². The maximum atomic E-state index is 13.5. The number of alkyl halides is 2. The minimum Gasteiger partial charge on any atom is -0.491 e. The van der Waals surface area contributed by atoms with Crippen molar-refractivity contribution in [1.29, 1.82) is 0 Å². The van der Waals surface area contributed by atoms with Crippen molar-refractivity contribution in [3.63, 3.8) is 0 Å². The van der Waals surface area contributed by atoms with Crippen LogP contribution in [0.5, 0.6) is 5.75 Å². The van der Waals surface area contributed by atoms with Crippen LogP contribution in [0.3, 0.4) is 0 Å². The average molecular weight is 313 g/mol. The summed E-state index contributed by atoms with van der Waals surface area (Å²) >= 11 is 0. The molecule has 0 saturated carbocycles. The van der Waals surface area contributed by atoms with E-state index < -0.39 is 30.9 Å². The Kier molecular flexibility index (Phi) is 4.63. The first-order chi connectivity index (χ1) is 10.3. The molecule has 1 heterocycles. The second-order valence-electron chi connectivity index (χ2n) is 5.23. The van der Waals surface area contributed by atoms with Gasteiger partial charge in [-0.25, -0.2) is 13.6 Å². The summed E-state index contributed by atoms with van der Waals surface area (Å²) in [4.78, 5) is 23.6. The standard InChI is InChI=1S/C15H17F2NO4/c1-2-13(19)18-9-15(16,17)7-11(18)8-22-12-5-3-10(4-6-12)14(20)21/h3-6,11H,2,7-9H2,1H3,(H,20,21)/t11-/m0/s1. The van der Waals surface area contributed by atoms with Crippen molar-refractivity contribution < 1.29 is 28.2 Å². The van der Waals surface area contributed by atoms with Gasteiger partial charge in [0.25, 0.3) is 5.92 Å². The van der Waals surface area contributed by atoms with Gasteiger partial charge in [0.15, 0.2) is 0 Å². The summed E-state index contributed by atoms with van der Waals surface area (Å²) in [5.74, 6) is -3.90. The molecule has 1 atom stereocenters. The van der Waals surface area contributed by atoms with Crippen LogP contribution in [0.1, 0.15) is 30.1 Å². The fourth-order valence-electron chi connectivity index (χ4n) is 2.43. The molecule has 0 aromatic heterocycles. The zero-order valence-corrected chi connectivity index (χ0v) is 12.1. The van der Waals surface area contributed by atoms with Gasteiger partial charge >= 0.3 is 5.97 Å². The number of carboxylic acids is 1. The van der Waals surface area contributed by atoms with E-state index in [0.29, 0.717) is 5.75 Å². The molecular formula is C15H17F2NO4. The topological polar surface area (TPSA) is 66.8 Å². The first kappa shape index (κ1) is 16.2. The molecule has 0 aliphatic carbocycles. The molecule has 1 N–H and O–H groups in total. The second kappa shape index (κ2) is 6.29. The highest BCUT2D eigenvalue weighted by atomic mass is 19.3. The molecule has 120 valence electrons. The van der Waals surface area contributed by atoms with Crippen molar-refractivity contribution in [2.24, 2.45) is 0 Å². The Labute approximate surface area is 126 Å². The number of likely N-dealkylation sites (tertiary alicyclic amines) is 1. The van der Waals surface area contributed by atoms with Gasteiger partial charge in [-0.3, -0.25) is 4.79 Å². The molecule has 5 nitrogen and oxygen atoms in total. The number of amides is 1. The van der Waals surface area contributed by atoms with Crippen LogP contribution in [0.4, 0.5) is 8.78 Å². The lowest BCUT2D eigenvalue weighted by Gasteiger charge is -2.23. The minimum absolute atomic E-state index is 0.0479. The Morgan fingerprint density at radius 3 is 2.55 bits per heavy atom. The van der Waals surface area contributed by atoms with Gasteiger partial charge in [0.05, 0.1) is 18.2 Å². The zero-order chi connectivity index (χ0) is 16.3. The molecule has 1 aromatic rings. The smallest absolute Gasteiger partial charge is 0.335 e. The van der Waals surface area contributed by atoms with Gasteiger partial charge in [-0.1, -0.05) is 6.92 Å². The SMILES string of the molecule is CCC(=O)N1CC(F)(F)C[C@H]1COc1ccc(C(=O)O)cc1. The summed E-state index contributed by atoms with van der Waals surface area (Å²) in [5, 5.41) is 8.79. The molecular weight excluding hydrogens is 296 g/mol. The van der Waals surface area contributed by atoms with E-state index in [9.17, 15) is 18.4 Å².